The molecule has 1 heterocycles. The molecule has 1 aliphatic carbocycles. The highest BCUT2D eigenvalue weighted by Crippen LogP contribution is 2.35. The Labute approximate surface area is 98.0 Å². The summed E-state index contributed by atoms with van der Waals surface area (Å²) in [5.74, 6) is 0.967. The minimum Gasteiger partial charge on any atom is -0.323 e. The lowest BCUT2D eigenvalue weighted by Gasteiger charge is -2.12. The van der Waals surface area contributed by atoms with Gasteiger partial charge in [-0.1, -0.05) is 19.8 Å². The van der Waals surface area contributed by atoms with Crippen molar-refractivity contribution in [3.05, 3.63) is 17.5 Å². The Morgan fingerprint density at radius 1 is 1.50 bits per heavy atom. The molecule has 2 N–H and O–H groups in total. The van der Waals surface area contributed by atoms with Gasteiger partial charge in [-0.2, -0.15) is 5.10 Å². The van der Waals surface area contributed by atoms with Crippen molar-refractivity contribution < 1.29 is 0 Å². The van der Waals surface area contributed by atoms with Crippen molar-refractivity contribution in [1.29, 1.82) is 0 Å². The maximum atomic E-state index is 6.25. The lowest BCUT2D eigenvalue weighted by atomic mass is 10.1. The number of aromatic nitrogens is 2. The fraction of sp³-hybridized carbons (Fsp3) is 0.769. The van der Waals surface area contributed by atoms with E-state index in [4.69, 9.17) is 5.73 Å². The predicted octanol–water partition coefficient (Wildman–Crippen LogP) is 2.66. The average Bonchev–Trinajstić information content (AvgIpc) is 3.03. The summed E-state index contributed by atoms with van der Waals surface area (Å²) in [7, 11) is 0. The monoisotopic (exact) mass is 221 g/mol. The molecule has 2 rings (SSSR count). The first-order chi connectivity index (χ1) is 7.74. The summed E-state index contributed by atoms with van der Waals surface area (Å²) in [6.07, 6.45) is 6.23. The molecule has 1 saturated carbocycles. The molecule has 16 heavy (non-hydrogen) atoms. The highest BCUT2D eigenvalue weighted by Gasteiger charge is 2.23. The molecule has 0 spiro atoms. The molecule has 3 nitrogen and oxygen atoms in total. The van der Waals surface area contributed by atoms with Gasteiger partial charge in [-0.25, -0.2) is 0 Å². The lowest BCUT2D eigenvalue weighted by molar-refractivity contribution is 0.516. The van der Waals surface area contributed by atoms with Crippen LogP contribution in [0.2, 0.25) is 0 Å². The first kappa shape index (κ1) is 11.6. The van der Waals surface area contributed by atoms with E-state index in [0.29, 0.717) is 0 Å². The fourth-order valence-electron chi connectivity index (χ4n) is 2.18. The van der Waals surface area contributed by atoms with Crippen LogP contribution in [0.1, 0.15) is 57.0 Å². The fourth-order valence-corrected chi connectivity index (χ4v) is 2.18. The molecule has 0 radical (unpaired) electrons. The maximum Gasteiger partial charge on any atom is 0.0625 e. The van der Waals surface area contributed by atoms with Crippen LogP contribution in [-0.4, -0.2) is 9.78 Å². The van der Waals surface area contributed by atoms with E-state index in [-0.39, 0.29) is 6.04 Å². The molecule has 1 atom stereocenters. The minimum atomic E-state index is 0.174. The highest BCUT2D eigenvalue weighted by atomic mass is 15.3. The highest BCUT2D eigenvalue weighted by molar-refractivity contribution is 5.14. The van der Waals surface area contributed by atoms with Crippen LogP contribution in [0.3, 0.4) is 0 Å². The number of nitrogens with zero attached hydrogens (tertiary/aromatic N) is 2. The summed E-state index contributed by atoms with van der Waals surface area (Å²) in [5.41, 5.74) is 8.64. The smallest absolute Gasteiger partial charge is 0.0625 e. The van der Waals surface area contributed by atoms with Gasteiger partial charge in [0.25, 0.3) is 0 Å². The predicted molar refractivity (Wildman–Crippen MR) is 66.2 cm³/mol. The van der Waals surface area contributed by atoms with Gasteiger partial charge >= 0.3 is 0 Å². The third-order valence-corrected chi connectivity index (χ3v) is 3.49. The van der Waals surface area contributed by atoms with E-state index in [0.717, 1.165) is 25.3 Å². The van der Waals surface area contributed by atoms with E-state index < -0.39 is 0 Å². The van der Waals surface area contributed by atoms with Gasteiger partial charge in [-0.3, -0.25) is 4.68 Å². The second kappa shape index (κ2) is 5.00. The van der Waals surface area contributed by atoms with Crippen LogP contribution in [0.15, 0.2) is 6.07 Å². The average molecular weight is 221 g/mol. The molecule has 0 amide bonds. The van der Waals surface area contributed by atoms with Crippen LogP contribution in [0.25, 0.3) is 0 Å². The van der Waals surface area contributed by atoms with Gasteiger partial charge in [-0.05, 0) is 38.2 Å². The molecule has 1 aliphatic rings. The van der Waals surface area contributed by atoms with Crippen molar-refractivity contribution >= 4 is 0 Å². The molecule has 1 fully saturated rings. The molecule has 0 saturated heterocycles. The van der Waals surface area contributed by atoms with Crippen molar-refractivity contribution in [3.63, 3.8) is 0 Å². The van der Waals surface area contributed by atoms with Crippen molar-refractivity contribution in [2.75, 3.05) is 0 Å². The van der Waals surface area contributed by atoms with Crippen molar-refractivity contribution in [1.82, 2.24) is 9.78 Å². The van der Waals surface area contributed by atoms with Gasteiger partial charge in [0.2, 0.25) is 0 Å². The van der Waals surface area contributed by atoms with Crippen molar-refractivity contribution in [2.45, 2.75) is 58.5 Å². The molecule has 0 aromatic carbocycles. The Morgan fingerprint density at radius 3 is 2.81 bits per heavy atom. The number of rotatable bonds is 6. The summed E-state index contributed by atoms with van der Waals surface area (Å²) in [6, 6.07) is 2.36. The summed E-state index contributed by atoms with van der Waals surface area (Å²) in [5, 5.41) is 4.55. The molecule has 3 heteroatoms. The Balaban J connectivity index is 2.01. The number of hydrogen-bond donors (Lipinski definition) is 1. The summed E-state index contributed by atoms with van der Waals surface area (Å²) in [4.78, 5) is 0. The SMILES string of the molecule is CCc1cc(C(N)CCC2CC2)n(CC)n1. The minimum absolute atomic E-state index is 0.174. The number of aryl methyl sites for hydroxylation is 2. The summed E-state index contributed by atoms with van der Waals surface area (Å²) in [6.45, 7) is 5.19. The standard InChI is InChI=1S/C13H23N3/c1-3-11-9-13(16(4-2)15-11)12(14)8-7-10-5-6-10/h9-10,12H,3-8,14H2,1-2H3. The van der Waals surface area contributed by atoms with Crippen LogP contribution in [0.5, 0.6) is 0 Å². The first-order valence-electron chi connectivity index (χ1n) is 6.56. The third-order valence-electron chi connectivity index (χ3n) is 3.49. The molecule has 0 aliphatic heterocycles. The second-order valence-electron chi connectivity index (χ2n) is 4.86. The molecule has 1 aromatic rings. The van der Waals surface area contributed by atoms with E-state index in [1.807, 2.05) is 0 Å². The quantitative estimate of drug-likeness (QED) is 0.802. The van der Waals surface area contributed by atoms with E-state index in [2.05, 4.69) is 29.7 Å². The Kier molecular flexibility index (Phi) is 3.64. The first-order valence-corrected chi connectivity index (χ1v) is 6.56. The van der Waals surface area contributed by atoms with Crippen LogP contribution in [0.4, 0.5) is 0 Å². The van der Waals surface area contributed by atoms with Gasteiger partial charge in [0.1, 0.15) is 0 Å². The second-order valence-corrected chi connectivity index (χ2v) is 4.86. The van der Waals surface area contributed by atoms with Gasteiger partial charge < -0.3 is 5.73 Å². The van der Waals surface area contributed by atoms with Crippen LogP contribution < -0.4 is 5.73 Å². The van der Waals surface area contributed by atoms with Gasteiger partial charge in [0.15, 0.2) is 0 Å². The van der Waals surface area contributed by atoms with Gasteiger partial charge in [-0.15, -0.1) is 0 Å². The number of nitrogens with two attached hydrogens (primary N) is 1. The lowest BCUT2D eigenvalue weighted by Crippen LogP contribution is -2.16. The zero-order chi connectivity index (χ0) is 11.5. The van der Waals surface area contributed by atoms with Crippen LogP contribution in [0, 0.1) is 5.92 Å². The van der Waals surface area contributed by atoms with E-state index >= 15 is 0 Å². The zero-order valence-electron chi connectivity index (χ0n) is 10.4. The third kappa shape index (κ3) is 2.64. The Bertz CT molecular complexity index is 339. The normalized spacial score (nSPS) is 17.7. The molecule has 90 valence electrons. The molecule has 1 aromatic heterocycles. The van der Waals surface area contributed by atoms with Gasteiger partial charge in [0, 0.05) is 12.6 Å². The van der Waals surface area contributed by atoms with E-state index in [1.165, 1.54) is 30.7 Å². The largest absolute Gasteiger partial charge is 0.323 e. The molecular weight excluding hydrogens is 198 g/mol. The van der Waals surface area contributed by atoms with Crippen LogP contribution in [-0.2, 0) is 13.0 Å². The summed E-state index contributed by atoms with van der Waals surface area (Å²) < 4.78 is 2.07. The number of hydrogen-bond acceptors (Lipinski definition) is 2. The van der Waals surface area contributed by atoms with Crippen molar-refractivity contribution in [3.8, 4) is 0 Å². The maximum absolute atomic E-state index is 6.25. The topological polar surface area (TPSA) is 43.8 Å². The molecule has 1 unspecified atom stereocenters. The van der Waals surface area contributed by atoms with Crippen LogP contribution >= 0.6 is 0 Å². The Hall–Kier alpha value is -0.830. The zero-order valence-corrected chi connectivity index (χ0v) is 10.4. The van der Waals surface area contributed by atoms with E-state index in [9.17, 15) is 0 Å². The van der Waals surface area contributed by atoms with E-state index in [1.54, 1.807) is 0 Å². The van der Waals surface area contributed by atoms with Gasteiger partial charge in [0.05, 0.1) is 11.4 Å². The summed E-state index contributed by atoms with van der Waals surface area (Å²) >= 11 is 0. The van der Waals surface area contributed by atoms with Crippen molar-refractivity contribution in [2.24, 2.45) is 11.7 Å². The molecule has 0 bridgehead atoms. The molecular formula is C13H23N3. The Morgan fingerprint density at radius 2 is 2.25 bits per heavy atom.